The number of nitrogens with zero attached hydrogens (tertiary/aromatic N) is 2. The van der Waals surface area contributed by atoms with E-state index in [4.69, 9.17) is 4.74 Å². The molecule has 2 heterocycles. The van der Waals surface area contributed by atoms with E-state index < -0.39 is 0 Å². The van der Waals surface area contributed by atoms with E-state index in [2.05, 4.69) is 22.3 Å². The van der Waals surface area contributed by atoms with Gasteiger partial charge in [0.05, 0.1) is 19.3 Å². The molecule has 0 saturated carbocycles. The van der Waals surface area contributed by atoms with Crippen LogP contribution in [0.25, 0.3) is 0 Å². The molecule has 22 heavy (non-hydrogen) atoms. The lowest BCUT2D eigenvalue weighted by molar-refractivity contribution is 0.0912. The Morgan fingerprint density at radius 2 is 2.45 bits per heavy atom. The highest BCUT2D eigenvalue weighted by molar-refractivity contribution is 5.92. The number of carbonyl (C=O) groups is 1. The monoisotopic (exact) mass is 328 g/mol. The fourth-order valence-corrected chi connectivity index (χ4v) is 2.32. The first-order valence-electron chi connectivity index (χ1n) is 7.54. The predicted octanol–water partition coefficient (Wildman–Crippen LogP) is 1.55. The molecule has 1 saturated heterocycles. The van der Waals surface area contributed by atoms with Crippen molar-refractivity contribution < 1.29 is 9.53 Å². The fraction of sp³-hybridized carbons (Fsp3) is 0.600. The fourth-order valence-electron chi connectivity index (χ4n) is 2.32. The van der Waals surface area contributed by atoms with Crippen molar-refractivity contribution in [2.45, 2.75) is 25.3 Å². The van der Waals surface area contributed by atoms with Crippen LogP contribution in [-0.4, -0.2) is 48.5 Å². The molecule has 1 atom stereocenters. The SMILES string of the molecule is C=CCCOCCNC(=O)c1ccn(C2CCCNC2)n1.Cl. The Labute approximate surface area is 137 Å². The summed E-state index contributed by atoms with van der Waals surface area (Å²) in [7, 11) is 0. The molecule has 1 unspecified atom stereocenters. The Balaban J connectivity index is 0.00000242. The number of halogens is 1. The highest BCUT2D eigenvalue weighted by atomic mass is 35.5. The number of hydrogen-bond donors (Lipinski definition) is 2. The van der Waals surface area contributed by atoms with Gasteiger partial charge in [0.1, 0.15) is 5.69 Å². The average Bonchev–Trinajstić information content (AvgIpc) is 3.01. The van der Waals surface area contributed by atoms with Crippen LogP contribution in [0.1, 0.15) is 35.8 Å². The van der Waals surface area contributed by atoms with Gasteiger partial charge in [-0.2, -0.15) is 5.10 Å². The van der Waals surface area contributed by atoms with Crippen molar-refractivity contribution in [3.63, 3.8) is 0 Å². The first-order valence-corrected chi connectivity index (χ1v) is 7.54. The van der Waals surface area contributed by atoms with Crippen LogP contribution in [0.4, 0.5) is 0 Å². The molecule has 0 radical (unpaired) electrons. The first-order chi connectivity index (χ1) is 10.3. The molecule has 7 heteroatoms. The Bertz CT molecular complexity index is 458. The van der Waals surface area contributed by atoms with Gasteiger partial charge < -0.3 is 15.4 Å². The summed E-state index contributed by atoms with van der Waals surface area (Å²) >= 11 is 0. The number of ether oxygens (including phenoxy) is 1. The molecule has 0 aliphatic carbocycles. The standard InChI is InChI=1S/C15H24N4O2.ClH/c1-2-3-10-21-11-8-17-15(20)14-6-9-19(18-14)13-5-4-7-16-12-13;/h2,6,9,13,16H,1,3-5,7-8,10-12H2,(H,17,20);1H. The maximum Gasteiger partial charge on any atom is 0.271 e. The Morgan fingerprint density at radius 3 is 3.18 bits per heavy atom. The van der Waals surface area contributed by atoms with Gasteiger partial charge in [-0.25, -0.2) is 0 Å². The van der Waals surface area contributed by atoms with Crippen molar-refractivity contribution in [1.29, 1.82) is 0 Å². The number of hydrogen-bond acceptors (Lipinski definition) is 4. The van der Waals surface area contributed by atoms with E-state index >= 15 is 0 Å². The van der Waals surface area contributed by atoms with Crippen molar-refractivity contribution in [2.24, 2.45) is 0 Å². The van der Waals surface area contributed by atoms with Gasteiger partial charge in [-0.15, -0.1) is 19.0 Å². The molecule has 2 rings (SSSR count). The minimum absolute atomic E-state index is 0. The van der Waals surface area contributed by atoms with E-state index in [1.54, 1.807) is 6.07 Å². The van der Waals surface area contributed by atoms with Crippen molar-refractivity contribution >= 4 is 18.3 Å². The number of amides is 1. The molecule has 124 valence electrons. The first kappa shape index (κ1) is 18.7. The lowest BCUT2D eigenvalue weighted by atomic mass is 10.1. The zero-order chi connectivity index (χ0) is 14.9. The van der Waals surface area contributed by atoms with E-state index in [0.29, 0.717) is 31.5 Å². The predicted molar refractivity (Wildman–Crippen MR) is 88.6 cm³/mol. The summed E-state index contributed by atoms with van der Waals surface area (Å²) in [4.78, 5) is 12.0. The summed E-state index contributed by atoms with van der Waals surface area (Å²) in [5.74, 6) is -0.148. The maximum atomic E-state index is 12.0. The number of rotatable bonds is 8. The van der Waals surface area contributed by atoms with Gasteiger partial charge in [-0.1, -0.05) is 6.08 Å². The second kappa shape index (κ2) is 10.4. The lowest BCUT2D eigenvalue weighted by Crippen LogP contribution is -2.32. The summed E-state index contributed by atoms with van der Waals surface area (Å²) in [6, 6.07) is 2.12. The van der Waals surface area contributed by atoms with E-state index in [1.165, 1.54) is 0 Å². The smallest absolute Gasteiger partial charge is 0.271 e. The van der Waals surface area contributed by atoms with Crippen molar-refractivity contribution in [1.82, 2.24) is 20.4 Å². The van der Waals surface area contributed by atoms with Gasteiger partial charge in [0, 0.05) is 19.3 Å². The van der Waals surface area contributed by atoms with Crippen LogP contribution < -0.4 is 10.6 Å². The molecule has 1 fully saturated rings. The quantitative estimate of drug-likeness (QED) is 0.561. The number of nitrogens with one attached hydrogen (secondary N) is 2. The van der Waals surface area contributed by atoms with Crippen LogP contribution in [0.5, 0.6) is 0 Å². The summed E-state index contributed by atoms with van der Waals surface area (Å²) in [5.41, 5.74) is 0.465. The summed E-state index contributed by atoms with van der Waals surface area (Å²) in [6.07, 6.45) is 6.77. The van der Waals surface area contributed by atoms with E-state index in [9.17, 15) is 4.79 Å². The van der Waals surface area contributed by atoms with Crippen molar-refractivity contribution in [3.8, 4) is 0 Å². The second-order valence-corrected chi connectivity index (χ2v) is 5.13. The molecule has 2 N–H and O–H groups in total. The highest BCUT2D eigenvalue weighted by Crippen LogP contribution is 2.15. The van der Waals surface area contributed by atoms with Crippen LogP contribution in [-0.2, 0) is 4.74 Å². The molecule has 1 aliphatic rings. The Kier molecular flexibility index (Phi) is 8.81. The molecular weight excluding hydrogens is 304 g/mol. The molecule has 0 aromatic carbocycles. The van der Waals surface area contributed by atoms with E-state index in [1.807, 2.05) is 17.0 Å². The third-order valence-electron chi connectivity index (χ3n) is 3.48. The summed E-state index contributed by atoms with van der Waals surface area (Å²) in [5, 5.41) is 10.5. The lowest BCUT2D eigenvalue weighted by Gasteiger charge is -2.22. The molecule has 0 spiro atoms. The van der Waals surface area contributed by atoms with Crippen LogP contribution in [0.15, 0.2) is 24.9 Å². The molecule has 1 amide bonds. The Hall–Kier alpha value is -1.37. The van der Waals surface area contributed by atoms with Gasteiger partial charge in [0.25, 0.3) is 5.91 Å². The van der Waals surface area contributed by atoms with Crippen LogP contribution >= 0.6 is 12.4 Å². The van der Waals surface area contributed by atoms with Crippen molar-refractivity contribution in [3.05, 3.63) is 30.6 Å². The third-order valence-corrected chi connectivity index (χ3v) is 3.48. The minimum atomic E-state index is -0.148. The Morgan fingerprint density at radius 1 is 1.59 bits per heavy atom. The number of carbonyl (C=O) groups excluding carboxylic acids is 1. The third kappa shape index (κ3) is 5.79. The minimum Gasteiger partial charge on any atom is -0.379 e. The average molecular weight is 329 g/mol. The number of aromatic nitrogens is 2. The zero-order valence-corrected chi connectivity index (χ0v) is 13.6. The second-order valence-electron chi connectivity index (χ2n) is 5.13. The highest BCUT2D eigenvalue weighted by Gasteiger charge is 2.17. The largest absolute Gasteiger partial charge is 0.379 e. The normalized spacial score (nSPS) is 17.5. The van der Waals surface area contributed by atoms with Gasteiger partial charge in [0.2, 0.25) is 0 Å². The van der Waals surface area contributed by atoms with E-state index in [-0.39, 0.29) is 18.3 Å². The van der Waals surface area contributed by atoms with Crippen LogP contribution in [0, 0.1) is 0 Å². The van der Waals surface area contributed by atoms with Gasteiger partial charge >= 0.3 is 0 Å². The topological polar surface area (TPSA) is 68.2 Å². The molecule has 0 bridgehead atoms. The van der Waals surface area contributed by atoms with Crippen LogP contribution in [0.2, 0.25) is 0 Å². The molecule has 1 aromatic rings. The zero-order valence-electron chi connectivity index (χ0n) is 12.8. The van der Waals surface area contributed by atoms with Gasteiger partial charge in [-0.3, -0.25) is 9.48 Å². The molecule has 1 aliphatic heterocycles. The number of piperidine rings is 1. The van der Waals surface area contributed by atoms with Gasteiger partial charge in [0.15, 0.2) is 0 Å². The van der Waals surface area contributed by atoms with Crippen molar-refractivity contribution in [2.75, 3.05) is 32.8 Å². The summed E-state index contributed by atoms with van der Waals surface area (Å²) < 4.78 is 7.23. The molecule has 6 nitrogen and oxygen atoms in total. The summed E-state index contributed by atoms with van der Waals surface area (Å²) in [6.45, 7) is 7.25. The molecule has 1 aromatic heterocycles. The van der Waals surface area contributed by atoms with Gasteiger partial charge in [-0.05, 0) is 31.9 Å². The van der Waals surface area contributed by atoms with Crippen LogP contribution in [0.3, 0.4) is 0 Å². The maximum absolute atomic E-state index is 12.0. The molecular formula is C15H25ClN4O2. The van der Waals surface area contributed by atoms with E-state index in [0.717, 1.165) is 32.4 Å².